The maximum Gasteiger partial charge on any atom is 0.126 e. The number of allylic oxidation sites excluding steroid dienone is 1. The Hall–Kier alpha value is -1.96. The molecule has 0 bridgehead atoms. The standard InChI is InChI=1S/C18H18F2/c1-4-12(2)13(3)14-5-7-15(8-6-14)16-9-17(19)11-18(20)10-16/h4-13H,1H2,2-3H3. The molecule has 0 radical (unpaired) electrons. The molecular formula is C18H18F2. The van der Waals surface area contributed by atoms with Gasteiger partial charge in [0.15, 0.2) is 0 Å². The van der Waals surface area contributed by atoms with Crippen molar-refractivity contribution in [3.8, 4) is 11.1 Å². The summed E-state index contributed by atoms with van der Waals surface area (Å²) < 4.78 is 26.4. The molecule has 0 N–H and O–H groups in total. The van der Waals surface area contributed by atoms with Crippen molar-refractivity contribution in [3.63, 3.8) is 0 Å². The molecule has 0 nitrogen and oxygen atoms in total. The molecule has 0 spiro atoms. The van der Waals surface area contributed by atoms with Crippen LogP contribution < -0.4 is 0 Å². The zero-order valence-corrected chi connectivity index (χ0v) is 11.7. The average molecular weight is 272 g/mol. The first-order valence-corrected chi connectivity index (χ1v) is 6.70. The van der Waals surface area contributed by atoms with Crippen molar-refractivity contribution >= 4 is 0 Å². The fourth-order valence-electron chi connectivity index (χ4n) is 2.21. The third kappa shape index (κ3) is 3.13. The molecule has 2 aromatic rings. The quantitative estimate of drug-likeness (QED) is 0.639. The topological polar surface area (TPSA) is 0 Å². The summed E-state index contributed by atoms with van der Waals surface area (Å²) >= 11 is 0. The van der Waals surface area contributed by atoms with Crippen molar-refractivity contribution < 1.29 is 8.78 Å². The van der Waals surface area contributed by atoms with Crippen molar-refractivity contribution in [1.82, 2.24) is 0 Å². The van der Waals surface area contributed by atoms with E-state index >= 15 is 0 Å². The maximum absolute atomic E-state index is 13.2. The molecule has 20 heavy (non-hydrogen) atoms. The van der Waals surface area contributed by atoms with Crippen molar-refractivity contribution in [1.29, 1.82) is 0 Å². The minimum Gasteiger partial charge on any atom is -0.207 e. The Morgan fingerprint density at radius 3 is 1.95 bits per heavy atom. The van der Waals surface area contributed by atoms with Gasteiger partial charge in [-0.25, -0.2) is 8.78 Å². The van der Waals surface area contributed by atoms with Crippen LogP contribution in [0.5, 0.6) is 0 Å². The molecule has 2 unspecified atom stereocenters. The Morgan fingerprint density at radius 1 is 0.900 bits per heavy atom. The number of halogens is 2. The summed E-state index contributed by atoms with van der Waals surface area (Å²) in [7, 11) is 0. The summed E-state index contributed by atoms with van der Waals surface area (Å²) in [5.74, 6) is -0.367. The van der Waals surface area contributed by atoms with Gasteiger partial charge in [0.1, 0.15) is 11.6 Å². The molecule has 0 aliphatic carbocycles. The molecular weight excluding hydrogens is 254 g/mol. The van der Waals surface area contributed by atoms with Crippen LogP contribution in [0, 0.1) is 17.6 Å². The highest BCUT2D eigenvalue weighted by molar-refractivity contribution is 5.63. The molecule has 2 atom stereocenters. The predicted molar refractivity (Wildman–Crippen MR) is 79.6 cm³/mol. The molecule has 104 valence electrons. The summed E-state index contributed by atoms with van der Waals surface area (Å²) in [6.45, 7) is 8.07. The fourth-order valence-corrected chi connectivity index (χ4v) is 2.21. The Morgan fingerprint density at radius 2 is 1.45 bits per heavy atom. The van der Waals surface area contributed by atoms with E-state index in [1.54, 1.807) is 0 Å². The van der Waals surface area contributed by atoms with Gasteiger partial charge >= 0.3 is 0 Å². The first-order valence-electron chi connectivity index (χ1n) is 6.70. The lowest BCUT2D eigenvalue weighted by Gasteiger charge is -2.17. The van der Waals surface area contributed by atoms with Crippen LogP contribution in [0.25, 0.3) is 11.1 Å². The Kier molecular flexibility index (Phi) is 4.33. The van der Waals surface area contributed by atoms with Crippen LogP contribution in [0.3, 0.4) is 0 Å². The molecule has 2 heteroatoms. The van der Waals surface area contributed by atoms with Crippen LogP contribution in [0.2, 0.25) is 0 Å². The van der Waals surface area contributed by atoms with Crippen molar-refractivity contribution in [2.45, 2.75) is 19.8 Å². The summed E-state index contributed by atoms with van der Waals surface area (Å²) in [5.41, 5.74) is 2.56. The van der Waals surface area contributed by atoms with Gasteiger partial charge in [0, 0.05) is 6.07 Å². The summed E-state index contributed by atoms with van der Waals surface area (Å²) in [6, 6.07) is 11.4. The minimum absolute atomic E-state index is 0.366. The lowest BCUT2D eigenvalue weighted by atomic mass is 9.88. The maximum atomic E-state index is 13.2. The second-order valence-electron chi connectivity index (χ2n) is 5.16. The second kappa shape index (κ2) is 6.00. The first-order chi connectivity index (χ1) is 9.51. The fraction of sp³-hybridized carbons (Fsp3) is 0.222. The molecule has 0 saturated carbocycles. The van der Waals surface area contributed by atoms with Crippen molar-refractivity contribution in [2.75, 3.05) is 0 Å². The van der Waals surface area contributed by atoms with Crippen LogP contribution in [0.1, 0.15) is 25.3 Å². The van der Waals surface area contributed by atoms with E-state index in [0.717, 1.165) is 11.6 Å². The van der Waals surface area contributed by atoms with Crippen molar-refractivity contribution in [3.05, 3.63) is 72.3 Å². The third-order valence-electron chi connectivity index (χ3n) is 3.79. The zero-order chi connectivity index (χ0) is 14.7. The third-order valence-corrected chi connectivity index (χ3v) is 3.79. The van der Waals surface area contributed by atoms with Gasteiger partial charge in [-0.15, -0.1) is 6.58 Å². The average Bonchev–Trinajstić information content (AvgIpc) is 2.45. The van der Waals surface area contributed by atoms with E-state index in [-0.39, 0.29) is 0 Å². The van der Waals surface area contributed by atoms with Gasteiger partial charge in [-0.3, -0.25) is 0 Å². The van der Waals surface area contributed by atoms with Gasteiger partial charge in [0.2, 0.25) is 0 Å². The van der Waals surface area contributed by atoms with Crippen LogP contribution in [0.15, 0.2) is 55.1 Å². The van der Waals surface area contributed by atoms with Crippen LogP contribution in [-0.2, 0) is 0 Å². The van der Waals surface area contributed by atoms with Gasteiger partial charge in [0.25, 0.3) is 0 Å². The van der Waals surface area contributed by atoms with E-state index in [1.165, 1.54) is 17.7 Å². The van der Waals surface area contributed by atoms with Crippen molar-refractivity contribution in [2.24, 2.45) is 5.92 Å². The molecule has 0 aromatic heterocycles. The zero-order valence-electron chi connectivity index (χ0n) is 11.7. The Balaban J connectivity index is 2.30. The van der Waals surface area contributed by atoms with Gasteiger partial charge in [-0.05, 0) is 40.7 Å². The van der Waals surface area contributed by atoms with Gasteiger partial charge in [-0.1, -0.05) is 44.2 Å². The lowest BCUT2D eigenvalue weighted by molar-refractivity contribution is 0.584. The van der Waals surface area contributed by atoms with Gasteiger partial charge in [-0.2, -0.15) is 0 Å². The molecule has 0 heterocycles. The van der Waals surface area contributed by atoms with E-state index in [1.807, 2.05) is 30.3 Å². The monoisotopic (exact) mass is 272 g/mol. The molecule has 0 aliphatic heterocycles. The van der Waals surface area contributed by atoms with Crippen LogP contribution in [0.4, 0.5) is 8.78 Å². The summed E-state index contributed by atoms with van der Waals surface area (Å²) in [6.07, 6.45) is 1.93. The van der Waals surface area contributed by atoms with Gasteiger partial charge in [0.05, 0.1) is 0 Å². The predicted octanol–water partition coefficient (Wildman–Crippen LogP) is 5.56. The minimum atomic E-state index is -0.558. The van der Waals surface area contributed by atoms with Crippen LogP contribution in [-0.4, -0.2) is 0 Å². The summed E-state index contributed by atoms with van der Waals surface area (Å²) in [4.78, 5) is 0. The largest absolute Gasteiger partial charge is 0.207 e. The Labute approximate surface area is 118 Å². The number of hydrogen-bond donors (Lipinski definition) is 0. The molecule has 0 saturated heterocycles. The molecule has 2 rings (SSSR count). The van der Waals surface area contributed by atoms with Gasteiger partial charge < -0.3 is 0 Å². The number of hydrogen-bond acceptors (Lipinski definition) is 0. The van der Waals surface area contributed by atoms with E-state index in [0.29, 0.717) is 17.4 Å². The highest BCUT2D eigenvalue weighted by Gasteiger charge is 2.11. The Bertz CT molecular complexity index is 579. The van der Waals surface area contributed by atoms with E-state index in [2.05, 4.69) is 20.4 Å². The SMILES string of the molecule is C=CC(C)C(C)c1ccc(-c2cc(F)cc(F)c2)cc1. The highest BCUT2D eigenvalue weighted by Crippen LogP contribution is 2.28. The number of rotatable bonds is 4. The normalized spacial score (nSPS) is 13.8. The van der Waals surface area contributed by atoms with E-state index < -0.39 is 11.6 Å². The van der Waals surface area contributed by atoms with E-state index in [4.69, 9.17) is 0 Å². The first kappa shape index (κ1) is 14.4. The number of benzene rings is 2. The van der Waals surface area contributed by atoms with Crippen LogP contribution >= 0.6 is 0 Å². The van der Waals surface area contributed by atoms with E-state index in [9.17, 15) is 8.78 Å². The second-order valence-corrected chi connectivity index (χ2v) is 5.16. The lowest BCUT2D eigenvalue weighted by Crippen LogP contribution is -2.02. The summed E-state index contributed by atoms with van der Waals surface area (Å²) in [5, 5.41) is 0. The molecule has 0 aliphatic rings. The molecule has 2 aromatic carbocycles. The highest BCUT2D eigenvalue weighted by atomic mass is 19.1. The molecule has 0 fully saturated rings. The smallest absolute Gasteiger partial charge is 0.126 e. The molecule has 0 amide bonds.